The maximum absolute atomic E-state index is 13.3. The lowest BCUT2D eigenvalue weighted by molar-refractivity contribution is -0.142. The molecule has 1 saturated heterocycles. The fourth-order valence-electron chi connectivity index (χ4n) is 2.91. The van der Waals surface area contributed by atoms with E-state index in [-0.39, 0.29) is 17.3 Å². The molecule has 1 aliphatic heterocycles. The maximum Gasteiger partial charge on any atom is 0.435 e. The van der Waals surface area contributed by atoms with Crippen molar-refractivity contribution in [3.8, 4) is 0 Å². The van der Waals surface area contributed by atoms with Gasteiger partial charge in [-0.3, -0.25) is 9.48 Å². The van der Waals surface area contributed by atoms with Gasteiger partial charge in [0.15, 0.2) is 5.69 Å². The number of halogens is 3. The van der Waals surface area contributed by atoms with Crippen molar-refractivity contribution in [2.24, 2.45) is 0 Å². The molecule has 1 fully saturated rings. The molecule has 0 saturated carbocycles. The van der Waals surface area contributed by atoms with Crippen LogP contribution < -0.4 is 0 Å². The predicted molar refractivity (Wildman–Crippen MR) is 76.7 cm³/mol. The van der Waals surface area contributed by atoms with Crippen LogP contribution in [0.15, 0.2) is 0 Å². The van der Waals surface area contributed by atoms with Gasteiger partial charge in [-0.05, 0) is 33.6 Å². The monoisotopic (exact) mass is 317 g/mol. The number of carbonyl (C=O) groups is 1. The van der Waals surface area contributed by atoms with Crippen LogP contribution in [0.4, 0.5) is 13.2 Å². The lowest BCUT2D eigenvalue weighted by Crippen LogP contribution is -2.33. The number of alkyl halides is 3. The third-order valence-corrected chi connectivity index (χ3v) is 4.01. The van der Waals surface area contributed by atoms with Gasteiger partial charge in [0.05, 0.1) is 5.56 Å². The van der Waals surface area contributed by atoms with Gasteiger partial charge in [-0.2, -0.15) is 18.3 Å². The van der Waals surface area contributed by atoms with E-state index in [2.05, 4.69) is 5.10 Å². The first-order chi connectivity index (χ1) is 10.2. The summed E-state index contributed by atoms with van der Waals surface area (Å²) in [6, 6.07) is -0.230. The third-order valence-electron chi connectivity index (χ3n) is 4.01. The maximum atomic E-state index is 13.3. The SMILES string of the molecule is Cc1c(C(=O)N2CCCCCC2)c(C(F)(F)F)nn1C(C)C. The molecule has 0 radical (unpaired) electrons. The van der Waals surface area contributed by atoms with Gasteiger partial charge in [0.1, 0.15) is 0 Å². The Morgan fingerprint density at radius 2 is 1.68 bits per heavy atom. The molecule has 0 unspecified atom stereocenters. The van der Waals surface area contributed by atoms with Crippen molar-refractivity contribution >= 4 is 5.91 Å². The summed E-state index contributed by atoms with van der Waals surface area (Å²) < 4.78 is 41.1. The number of hydrogen-bond donors (Lipinski definition) is 0. The largest absolute Gasteiger partial charge is 0.435 e. The van der Waals surface area contributed by atoms with E-state index in [1.54, 1.807) is 13.8 Å². The second-order valence-electron chi connectivity index (χ2n) is 6.05. The Morgan fingerprint density at radius 1 is 1.14 bits per heavy atom. The second-order valence-corrected chi connectivity index (χ2v) is 6.05. The second kappa shape index (κ2) is 6.30. The molecule has 0 aromatic carbocycles. The van der Waals surface area contributed by atoms with Crippen LogP contribution >= 0.6 is 0 Å². The summed E-state index contributed by atoms with van der Waals surface area (Å²) in [7, 11) is 0. The minimum absolute atomic E-state index is 0.230. The Kier molecular flexibility index (Phi) is 4.82. The van der Waals surface area contributed by atoms with Crippen LogP contribution in [0.2, 0.25) is 0 Å². The minimum atomic E-state index is -4.62. The summed E-state index contributed by atoms with van der Waals surface area (Å²) >= 11 is 0. The Balaban J connectivity index is 2.45. The standard InChI is InChI=1S/C15H22F3N3O/c1-10(2)21-11(3)12(13(19-21)15(16,17)18)14(22)20-8-6-4-5-7-9-20/h10H,4-9H2,1-3H3. The van der Waals surface area contributed by atoms with Gasteiger partial charge in [0, 0.05) is 24.8 Å². The van der Waals surface area contributed by atoms with Crippen molar-refractivity contribution in [2.45, 2.75) is 58.7 Å². The average Bonchev–Trinajstić information content (AvgIpc) is 2.61. The molecule has 0 aliphatic carbocycles. The normalized spacial score (nSPS) is 17.0. The van der Waals surface area contributed by atoms with Crippen molar-refractivity contribution in [1.29, 1.82) is 0 Å². The summed E-state index contributed by atoms with van der Waals surface area (Å²) in [5.74, 6) is -0.543. The third kappa shape index (κ3) is 3.28. The van der Waals surface area contributed by atoms with Crippen LogP contribution in [-0.2, 0) is 6.18 Å². The molecule has 1 aromatic rings. The fraction of sp³-hybridized carbons (Fsp3) is 0.733. The Hall–Kier alpha value is -1.53. The number of likely N-dealkylation sites (tertiary alicyclic amines) is 1. The minimum Gasteiger partial charge on any atom is -0.339 e. The first-order valence-corrected chi connectivity index (χ1v) is 7.69. The van der Waals surface area contributed by atoms with E-state index in [0.717, 1.165) is 25.7 Å². The van der Waals surface area contributed by atoms with Gasteiger partial charge < -0.3 is 4.90 Å². The van der Waals surface area contributed by atoms with Gasteiger partial charge >= 0.3 is 6.18 Å². The molecule has 0 atom stereocenters. The van der Waals surface area contributed by atoms with Crippen LogP contribution in [0, 0.1) is 6.92 Å². The molecule has 1 aliphatic rings. The van der Waals surface area contributed by atoms with E-state index in [9.17, 15) is 18.0 Å². The van der Waals surface area contributed by atoms with Crippen LogP contribution in [0.3, 0.4) is 0 Å². The van der Waals surface area contributed by atoms with Gasteiger partial charge in [-0.1, -0.05) is 12.8 Å². The fourth-order valence-corrected chi connectivity index (χ4v) is 2.91. The van der Waals surface area contributed by atoms with E-state index in [1.165, 1.54) is 16.5 Å². The van der Waals surface area contributed by atoms with E-state index < -0.39 is 17.8 Å². The molecule has 1 amide bonds. The summed E-state index contributed by atoms with van der Waals surface area (Å²) in [5, 5.41) is 3.66. The van der Waals surface area contributed by atoms with Gasteiger partial charge in [0.25, 0.3) is 5.91 Å². The molecular weight excluding hydrogens is 295 g/mol. The van der Waals surface area contributed by atoms with Crippen molar-refractivity contribution in [1.82, 2.24) is 14.7 Å². The highest BCUT2D eigenvalue weighted by atomic mass is 19.4. The van der Waals surface area contributed by atoms with E-state index in [4.69, 9.17) is 0 Å². The summed E-state index contributed by atoms with van der Waals surface area (Å²) in [6.45, 7) is 6.07. The molecule has 0 spiro atoms. The Morgan fingerprint density at radius 3 is 2.14 bits per heavy atom. The summed E-state index contributed by atoms with van der Waals surface area (Å²) in [4.78, 5) is 14.2. The molecule has 124 valence electrons. The Labute approximate surface area is 128 Å². The van der Waals surface area contributed by atoms with E-state index >= 15 is 0 Å². The number of nitrogens with zero attached hydrogens (tertiary/aromatic N) is 3. The number of rotatable bonds is 2. The van der Waals surface area contributed by atoms with Crippen LogP contribution in [-0.4, -0.2) is 33.7 Å². The zero-order chi connectivity index (χ0) is 16.5. The summed E-state index contributed by atoms with van der Waals surface area (Å²) in [5.41, 5.74) is -1.06. The van der Waals surface area contributed by atoms with Gasteiger partial charge in [-0.15, -0.1) is 0 Å². The molecule has 0 bridgehead atoms. The van der Waals surface area contributed by atoms with Crippen molar-refractivity contribution in [3.05, 3.63) is 17.0 Å². The summed E-state index contributed by atoms with van der Waals surface area (Å²) in [6.07, 6.45) is -0.920. The van der Waals surface area contributed by atoms with E-state index in [1.807, 2.05) is 0 Å². The van der Waals surface area contributed by atoms with Crippen molar-refractivity contribution in [2.75, 3.05) is 13.1 Å². The number of hydrogen-bond acceptors (Lipinski definition) is 2. The smallest absolute Gasteiger partial charge is 0.339 e. The molecule has 7 heteroatoms. The highest BCUT2D eigenvalue weighted by Crippen LogP contribution is 2.34. The lowest BCUT2D eigenvalue weighted by atomic mass is 10.1. The van der Waals surface area contributed by atoms with Crippen LogP contribution in [0.1, 0.15) is 67.3 Å². The van der Waals surface area contributed by atoms with Crippen molar-refractivity contribution in [3.63, 3.8) is 0 Å². The highest BCUT2D eigenvalue weighted by molar-refractivity contribution is 5.96. The average molecular weight is 317 g/mol. The molecule has 22 heavy (non-hydrogen) atoms. The zero-order valence-corrected chi connectivity index (χ0v) is 13.2. The zero-order valence-electron chi connectivity index (χ0n) is 13.2. The number of aromatic nitrogens is 2. The van der Waals surface area contributed by atoms with Crippen LogP contribution in [0.5, 0.6) is 0 Å². The topological polar surface area (TPSA) is 38.1 Å². The van der Waals surface area contributed by atoms with Gasteiger partial charge in [-0.25, -0.2) is 0 Å². The Bertz CT molecular complexity index is 541. The quantitative estimate of drug-likeness (QED) is 0.832. The molecule has 2 heterocycles. The molecule has 0 N–H and O–H groups in total. The molecular formula is C15H22F3N3O. The molecule has 4 nitrogen and oxygen atoms in total. The first kappa shape index (κ1) is 16.8. The van der Waals surface area contributed by atoms with Gasteiger partial charge in [0.2, 0.25) is 0 Å². The molecule has 2 rings (SSSR count). The van der Waals surface area contributed by atoms with Crippen molar-refractivity contribution < 1.29 is 18.0 Å². The number of amides is 1. The highest BCUT2D eigenvalue weighted by Gasteiger charge is 2.42. The molecule has 1 aromatic heterocycles. The lowest BCUT2D eigenvalue weighted by Gasteiger charge is -2.21. The van der Waals surface area contributed by atoms with E-state index in [0.29, 0.717) is 13.1 Å². The number of carbonyl (C=O) groups excluding carboxylic acids is 1. The van der Waals surface area contributed by atoms with Crippen LogP contribution in [0.25, 0.3) is 0 Å². The predicted octanol–water partition coefficient (Wildman–Crippen LogP) is 3.81. The first-order valence-electron chi connectivity index (χ1n) is 7.69.